The second-order valence-corrected chi connectivity index (χ2v) is 8.43. The zero-order valence-corrected chi connectivity index (χ0v) is 18.6. The standard InChI is InChI=1S/C25H22N4O5/c1-26(2)17-10-8-16(9-11-17)22-21-23(34-28(22)19-6-4-3-5-7-19)25(31)27(24(21)30)18-12-14-20(15-13-18)29(32)33/h3-15,21-23H,1-2H3/t21-,22-,23-/m0/s1. The monoisotopic (exact) mass is 458 g/mol. The van der Waals surface area contributed by atoms with Crippen LogP contribution in [-0.4, -0.2) is 36.9 Å². The number of anilines is 3. The number of hydroxylamine groups is 1. The van der Waals surface area contributed by atoms with Gasteiger partial charge in [-0.1, -0.05) is 30.3 Å². The minimum absolute atomic E-state index is 0.117. The van der Waals surface area contributed by atoms with Crippen LogP contribution in [0.15, 0.2) is 78.9 Å². The Morgan fingerprint density at radius 3 is 2.09 bits per heavy atom. The average molecular weight is 458 g/mol. The highest BCUT2D eigenvalue weighted by Gasteiger charge is 2.60. The van der Waals surface area contributed by atoms with E-state index in [0.29, 0.717) is 0 Å². The maximum atomic E-state index is 13.6. The molecular formula is C25H22N4O5. The first-order valence-corrected chi connectivity index (χ1v) is 10.8. The Bertz CT molecular complexity index is 1240. The molecule has 9 nitrogen and oxygen atoms in total. The normalized spacial score (nSPS) is 21.6. The van der Waals surface area contributed by atoms with Gasteiger partial charge < -0.3 is 4.90 Å². The summed E-state index contributed by atoms with van der Waals surface area (Å²) < 4.78 is 0. The van der Waals surface area contributed by atoms with Gasteiger partial charge in [0.25, 0.3) is 11.6 Å². The second-order valence-electron chi connectivity index (χ2n) is 8.43. The largest absolute Gasteiger partial charge is 0.378 e. The summed E-state index contributed by atoms with van der Waals surface area (Å²) in [6.45, 7) is 0. The van der Waals surface area contributed by atoms with Crippen molar-refractivity contribution in [3.05, 3.63) is 94.5 Å². The van der Waals surface area contributed by atoms with Crippen molar-refractivity contribution in [3.8, 4) is 0 Å². The third-order valence-corrected chi connectivity index (χ3v) is 6.20. The molecule has 3 aromatic rings. The Morgan fingerprint density at radius 2 is 1.50 bits per heavy atom. The number of amides is 2. The van der Waals surface area contributed by atoms with Crippen molar-refractivity contribution in [2.45, 2.75) is 12.1 Å². The number of rotatable bonds is 5. The van der Waals surface area contributed by atoms with E-state index in [9.17, 15) is 19.7 Å². The van der Waals surface area contributed by atoms with E-state index >= 15 is 0 Å². The Morgan fingerprint density at radius 1 is 0.853 bits per heavy atom. The van der Waals surface area contributed by atoms with Crippen LogP contribution in [-0.2, 0) is 14.4 Å². The Kier molecular flexibility index (Phi) is 5.25. The third kappa shape index (κ3) is 3.46. The molecule has 2 fully saturated rings. The zero-order chi connectivity index (χ0) is 24.0. The van der Waals surface area contributed by atoms with E-state index < -0.39 is 34.8 Å². The molecular weight excluding hydrogens is 436 g/mol. The van der Waals surface area contributed by atoms with Gasteiger partial charge in [0.05, 0.1) is 22.3 Å². The number of para-hydroxylation sites is 1. The summed E-state index contributed by atoms with van der Waals surface area (Å²) in [6, 6.07) is 22.0. The van der Waals surface area contributed by atoms with Gasteiger partial charge in [0, 0.05) is 31.9 Å². The molecule has 2 aliphatic heterocycles. The van der Waals surface area contributed by atoms with E-state index in [1.54, 1.807) is 5.06 Å². The van der Waals surface area contributed by atoms with E-state index in [4.69, 9.17) is 4.84 Å². The van der Waals surface area contributed by atoms with Crippen LogP contribution in [0.4, 0.5) is 22.7 Å². The lowest BCUT2D eigenvalue weighted by molar-refractivity contribution is -0.384. The molecule has 0 aliphatic carbocycles. The van der Waals surface area contributed by atoms with Crippen LogP contribution in [0.1, 0.15) is 11.6 Å². The van der Waals surface area contributed by atoms with Crippen LogP contribution in [0.2, 0.25) is 0 Å². The number of carbonyl (C=O) groups is 2. The summed E-state index contributed by atoms with van der Waals surface area (Å²) in [4.78, 5) is 46.6. The summed E-state index contributed by atoms with van der Waals surface area (Å²) in [5, 5.41) is 12.6. The van der Waals surface area contributed by atoms with Gasteiger partial charge >= 0.3 is 0 Å². The van der Waals surface area contributed by atoms with Crippen LogP contribution >= 0.6 is 0 Å². The number of non-ortho nitro benzene ring substituents is 1. The fraction of sp³-hybridized carbons (Fsp3) is 0.200. The maximum Gasteiger partial charge on any atom is 0.269 e. The molecule has 34 heavy (non-hydrogen) atoms. The lowest BCUT2D eigenvalue weighted by Gasteiger charge is -2.29. The van der Waals surface area contributed by atoms with Crippen molar-refractivity contribution in [1.29, 1.82) is 0 Å². The predicted molar refractivity (Wildman–Crippen MR) is 126 cm³/mol. The van der Waals surface area contributed by atoms with Crippen molar-refractivity contribution < 1.29 is 19.3 Å². The summed E-state index contributed by atoms with van der Waals surface area (Å²) in [5.41, 5.74) is 2.75. The van der Waals surface area contributed by atoms with E-state index in [-0.39, 0.29) is 11.4 Å². The first-order valence-electron chi connectivity index (χ1n) is 10.8. The van der Waals surface area contributed by atoms with Gasteiger partial charge in [-0.3, -0.25) is 24.5 Å². The van der Waals surface area contributed by atoms with Gasteiger partial charge in [0.1, 0.15) is 5.92 Å². The third-order valence-electron chi connectivity index (χ3n) is 6.20. The van der Waals surface area contributed by atoms with Crippen molar-refractivity contribution in [3.63, 3.8) is 0 Å². The smallest absolute Gasteiger partial charge is 0.269 e. The summed E-state index contributed by atoms with van der Waals surface area (Å²) >= 11 is 0. The Labute approximate surface area is 195 Å². The molecule has 2 aliphatic rings. The highest BCUT2D eigenvalue weighted by atomic mass is 16.7. The fourth-order valence-corrected chi connectivity index (χ4v) is 4.50. The zero-order valence-electron chi connectivity index (χ0n) is 18.6. The molecule has 2 heterocycles. The predicted octanol–water partition coefficient (Wildman–Crippen LogP) is 3.71. The number of hydrogen-bond donors (Lipinski definition) is 0. The number of nitro groups is 1. The van der Waals surface area contributed by atoms with Crippen molar-refractivity contribution >= 4 is 34.6 Å². The van der Waals surface area contributed by atoms with E-state index in [2.05, 4.69) is 0 Å². The second kappa shape index (κ2) is 8.27. The molecule has 0 bridgehead atoms. The molecule has 3 atom stereocenters. The molecule has 0 radical (unpaired) electrons. The lowest BCUT2D eigenvalue weighted by atomic mass is 9.90. The van der Waals surface area contributed by atoms with Crippen LogP contribution in [0, 0.1) is 16.0 Å². The number of nitrogens with zero attached hydrogens (tertiary/aromatic N) is 4. The average Bonchev–Trinajstić information content (AvgIpc) is 3.35. The number of nitro benzene ring substituents is 1. The molecule has 0 aromatic heterocycles. The minimum Gasteiger partial charge on any atom is -0.378 e. The summed E-state index contributed by atoms with van der Waals surface area (Å²) in [6.07, 6.45) is -0.999. The molecule has 0 saturated carbocycles. The molecule has 0 unspecified atom stereocenters. The Balaban J connectivity index is 1.54. The Hall–Kier alpha value is -4.24. The molecule has 0 N–H and O–H groups in total. The van der Waals surface area contributed by atoms with Gasteiger partial charge in [-0.25, -0.2) is 9.96 Å². The summed E-state index contributed by atoms with van der Waals surface area (Å²) in [5.74, 6) is -1.66. The molecule has 2 amide bonds. The maximum absolute atomic E-state index is 13.6. The quantitative estimate of drug-likeness (QED) is 0.327. The number of hydrogen-bond acceptors (Lipinski definition) is 7. The van der Waals surface area contributed by atoms with Gasteiger partial charge in [0.2, 0.25) is 5.91 Å². The van der Waals surface area contributed by atoms with Crippen molar-refractivity contribution in [2.24, 2.45) is 5.92 Å². The van der Waals surface area contributed by atoms with Gasteiger partial charge in [-0.2, -0.15) is 0 Å². The topological polar surface area (TPSA) is 96.2 Å². The molecule has 172 valence electrons. The van der Waals surface area contributed by atoms with Crippen molar-refractivity contribution in [2.75, 3.05) is 29.0 Å². The SMILES string of the molecule is CN(C)c1ccc([C@H]2[C@@H]3C(=O)N(c4ccc([N+](=O)[O-])cc4)C(=O)[C@H]3ON2c2ccccc2)cc1. The van der Waals surface area contributed by atoms with E-state index in [1.165, 1.54) is 24.3 Å². The first kappa shape index (κ1) is 21.6. The number of carbonyl (C=O) groups excluding carboxylic acids is 2. The molecule has 0 spiro atoms. The molecule has 3 aromatic carbocycles. The van der Waals surface area contributed by atoms with Crippen LogP contribution in [0.5, 0.6) is 0 Å². The highest BCUT2D eigenvalue weighted by Crippen LogP contribution is 2.47. The number of benzene rings is 3. The minimum atomic E-state index is -0.999. The molecule has 5 rings (SSSR count). The molecule has 2 saturated heterocycles. The van der Waals surface area contributed by atoms with E-state index in [1.807, 2.05) is 73.6 Å². The number of imide groups is 1. The molecule has 9 heteroatoms. The van der Waals surface area contributed by atoms with Gasteiger partial charge in [-0.05, 0) is 42.0 Å². The summed E-state index contributed by atoms with van der Waals surface area (Å²) in [7, 11) is 3.89. The van der Waals surface area contributed by atoms with Crippen LogP contribution in [0.3, 0.4) is 0 Å². The van der Waals surface area contributed by atoms with Crippen molar-refractivity contribution in [1.82, 2.24) is 0 Å². The fourth-order valence-electron chi connectivity index (χ4n) is 4.50. The van der Waals surface area contributed by atoms with Gasteiger partial charge in [-0.15, -0.1) is 0 Å². The highest BCUT2D eigenvalue weighted by molar-refractivity contribution is 6.24. The lowest BCUT2D eigenvalue weighted by Crippen LogP contribution is -2.37. The number of fused-ring (bicyclic) bond motifs is 1. The van der Waals surface area contributed by atoms with Crippen LogP contribution in [0.25, 0.3) is 0 Å². The first-order chi connectivity index (χ1) is 16.4. The van der Waals surface area contributed by atoms with Gasteiger partial charge in [0.15, 0.2) is 6.10 Å². The van der Waals surface area contributed by atoms with Crippen LogP contribution < -0.4 is 14.9 Å². The van der Waals surface area contributed by atoms with E-state index in [0.717, 1.165) is 21.8 Å².